The van der Waals surface area contributed by atoms with Gasteiger partial charge in [-0.15, -0.1) is 0 Å². The lowest BCUT2D eigenvalue weighted by Gasteiger charge is -2.42. The summed E-state index contributed by atoms with van der Waals surface area (Å²) < 4.78 is 4.75. The summed E-state index contributed by atoms with van der Waals surface area (Å²) in [6, 6.07) is 4.96. The van der Waals surface area contributed by atoms with E-state index in [0.717, 1.165) is 24.9 Å². The predicted octanol–water partition coefficient (Wildman–Crippen LogP) is 2.23. The maximum atomic E-state index is 12.2. The Kier molecular flexibility index (Phi) is 6.18. The highest BCUT2D eigenvalue weighted by molar-refractivity contribution is 5.95. The Morgan fingerprint density at radius 2 is 1.96 bits per heavy atom. The van der Waals surface area contributed by atoms with Gasteiger partial charge in [-0.3, -0.25) is 9.69 Å². The van der Waals surface area contributed by atoms with E-state index >= 15 is 0 Å². The third kappa shape index (κ3) is 5.22. The van der Waals surface area contributed by atoms with Crippen LogP contribution in [0.25, 0.3) is 0 Å². The number of aryl methyl sites for hydroxylation is 1. The van der Waals surface area contributed by atoms with Crippen molar-refractivity contribution in [2.75, 3.05) is 25.5 Å². The van der Waals surface area contributed by atoms with Gasteiger partial charge in [-0.2, -0.15) is 0 Å². The van der Waals surface area contributed by atoms with E-state index in [0.29, 0.717) is 17.2 Å². The number of carbonyl (C=O) groups is 3. The van der Waals surface area contributed by atoms with Gasteiger partial charge < -0.3 is 20.5 Å². The molecular weight excluding hydrogens is 362 g/mol. The van der Waals surface area contributed by atoms with Gasteiger partial charge in [0.25, 0.3) is 0 Å². The summed E-state index contributed by atoms with van der Waals surface area (Å²) in [5.74, 6) is -0.631. The van der Waals surface area contributed by atoms with Gasteiger partial charge in [-0.05, 0) is 56.2 Å². The fourth-order valence-electron chi connectivity index (χ4n) is 3.53. The number of nitrogens with one attached hydrogen (secondary N) is 2. The molecule has 3 rings (SSSR count). The van der Waals surface area contributed by atoms with Crippen LogP contribution in [0.3, 0.4) is 0 Å². The van der Waals surface area contributed by atoms with Crippen molar-refractivity contribution < 1.29 is 24.2 Å². The van der Waals surface area contributed by atoms with E-state index in [1.165, 1.54) is 20.0 Å². The second-order valence-electron chi connectivity index (χ2n) is 7.71. The number of benzene rings is 1. The molecule has 0 spiro atoms. The third-order valence-electron chi connectivity index (χ3n) is 5.39. The first-order chi connectivity index (χ1) is 13.4. The van der Waals surface area contributed by atoms with Crippen LogP contribution >= 0.6 is 0 Å². The maximum Gasteiger partial charge on any atom is 0.338 e. The van der Waals surface area contributed by atoms with Crippen molar-refractivity contribution >= 4 is 23.7 Å². The van der Waals surface area contributed by atoms with Gasteiger partial charge in [0.15, 0.2) is 0 Å². The molecular formula is C20H27N3O5. The first kappa shape index (κ1) is 20.1. The lowest BCUT2D eigenvalue weighted by Crippen LogP contribution is -2.55. The molecule has 2 amide bonds. The minimum Gasteiger partial charge on any atom is -0.480 e. The lowest BCUT2D eigenvalue weighted by molar-refractivity contribution is -0.139. The highest BCUT2D eigenvalue weighted by Crippen LogP contribution is 2.33. The molecule has 8 nitrogen and oxygen atoms in total. The van der Waals surface area contributed by atoms with E-state index in [4.69, 9.17) is 9.84 Å². The number of carboxylic acid groups (broad SMARTS) is 1. The molecule has 152 valence electrons. The van der Waals surface area contributed by atoms with Gasteiger partial charge in [0.05, 0.1) is 19.2 Å². The average Bonchev–Trinajstić information content (AvgIpc) is 3.42. The van der Waals surface area contributed by atoms with Gasteiger partial charge in [0.2, 0.25) is 0 Å². The molecule has 2 aliphatic carbocycles. The highest BCUT2D eigenvalue weighted by Gasteiger charge is 2.37. The second kappa shape index (κ2) is 8.60. The van der Waals surface area contributed by atoms with Crippen molar-refractivity contribution in [1.29, 1.82) is 0 Å². The Morgan fingerprint density at radius 1 is 1.25 bits per heavy atom. The van der Waals surface area contributed by atoms with Gasteiger partial charge in [0, 0.05) is 24.3 Å². The summed E-state index contributed by atoms with van der Waals surface area (Å²) >= 11 is 0. The Morgan fingerprint density at radius 3 is 2.57 bits per heavy atom. The van der Waals surface area contributed by atoms with E-state index in [1.807, 2.05) is 4.90 Å². The SMILES string of the molecule is COC(=O)c1cc(NC(=O)NC2CC(N(CC(=O)O)CC3CC3)C2)ccc1C. The number of urea groups is 1. The van der Waals surface area contributed by atoms with Crippen molar-refractivity contribution in [3.63, 3.8) is 0 Å². The molecule has 2 aliphatic rings. The number of hydrogen-bond acceptors (Lipinski definition) is 5. The summed E-state index contributed by atoms with van der Waals surface area (Å²) in [6.45, 7) is 2.68. The van der Waals surface area contributed by atoms with Crippen LogP contribution in [0.2, 0.25) is 0 Å². The molecule has 0 saturated heterocycles. The Balaban J connectivity index is 1.48. The largest absolute Gasteiger partial charge is 0.480 e. The fraction of sp³-hybridized carbons (Fsp3) is 0.550. The number of amides is 2. The molecule has 2 saturated carbocycles. The number of carboxylic acids is 1. The standard InChI is InChI=1S/C20H27N3O5/c1-12-3-6-14(9-17(12)19(26)28-2)21-20(27)22-15-7-16(8-15)23(11-18(24)25)10-13-4-5-13/h3,6,9,13,15-16H,4-5,7-8,10-11H2,1-2H3,(H,24,25)(H2,21,22,27). The van der Waals surface area contributed by atoms with Crippen molar-refractivity contribution in [2.45, 2.75) is 44.7 Å². The molecule has 0 aliphatic heterocycles. The van der Waals surface area contributed by atoms with Crippen LogP contribution in [0.15, 0.2) is 18.2 Å². The van der Waals surface area contributed by atoms with Crippen molar-refractivity contribution in [3.05, 3.63) is 29.3 Å². The molecule has 0 unspecified atom stereocenters. The molecule has 0 atom stereocenters. The molecule has 0 heterocycles. The predicted molar refractivity (Wildman–Crippen MR) is 103 cm³/mol. The number of ether oxygens (including phenoxy) is 1. The van der Waals surface area contributed by atoms with E-state index in [9.17, 15) is 14.4 Å². The molecule has 1 aromatic rings. The van der Waals surface area contributed by atoms with E-state index in [2.05, 4.69) is 10.6 Å². The van der Waals surface area contributed by atoms with Crippen LogP contribution in [-0.4, -0.2) is 60.3 Å². The van der Waals surface area contributed by atoms with Crippen LogP contribution in [0, 0.1) is 12.8 Å². The Labute approximate surface area is 164 Å². The minimum absolute atomic E-state index is 0.0195. The molecule has 0 radical (unpaired) electrons. The smallest absolute Gasteiger partial charge is 0.338 e. The van der Waals surface area contributed by atoms with Crippen molar-refractivity contribution in [1.82, 2.24) is 10.2 Å². The van der Waals surface area contributed by atoms with Crippen LogP contribution < -0.4 is 10.6 Å². The van der Waals surface area contributed by atoms with E-state index < -0.39 is 11.9 Å². The summed E-state index contributed by atoms with van der Waals surface area (Å²) in [4.78, 5) is 37.1. The Hall–Kier alpha value is -2.61. The zero-order valence-corrected chi connectivity index (χ0v) is 16.2. The summed E-state index contributed by atoms with van der Waals surface area (Å²) in [6.07, 6.45) is 3.84. The minimum atomic E-state index is -0.810. The molecule has 8 heteroatoms. The molecule has 1 aromatic carbocycles. The number of aliphatic carboxylic acids is 1. The Bertz CT molecular complexity index is 756. The topological polar surface area (TPSA) is 108 Å². The number of methoxy groups -OCH3 is 1. The number of hydrogen-bond donors (Lipinski definition) is 3. The van der Waals surface area contributed by atoms with Crippen LogP contribution in [0.5, 0.6) is 0 Å². The average molecular weight is 389 g/mol. The third-order valence-corrected chi connectivity index (χ3v) is 5.39. The number of anilines is 1. The normalized spacial score (nSPS) is 21.0. The lowest BCUT2D eigenvalue weighted by atomic mass is 9.85. The zero-order chi connectivity index (χ0) is 20.3. The van der Waals surface area contributed by atoms with Crippen molar-refractivity contribution in [2.24, 2.45) is 5.92 Å². The van der Waals surface area contributed by atoms with Crippen LogP contribution in [-0.2, 0) is 9.53 Å². The number of esters is 1. The van der Waals surface area contributed by atoms with Gasteiger partial charge in [-0.25, -0.2) is 9.59 Å². The summed E-state index contributed by atoms with van der Waals surface area (Å²) in [7, 11) is 1.32. The van der Waals surface area contributed by atoms with E-state index in [-0.39, 0.29) is 24.7 Å². The molecule has 3 N–H and O–H groups in total. The molecule has 0 aromatic heterocycles. The molecule has 28 heavy (non-hydrogen) atoms. The molecule has 2 fully saturated rings. The first-order valence-electron chi connectivity index (χ1n) is 9.58. The van der Waals surface area contributed by atoms with E-state index in [1.54, 1.807) is 25.1 Å². The second-order valence-corrected chi connectivity index (χ2v) is 7.71. The van der Waals surface area contributed by atoms with Crippen LogP contribution in [0.1, 0.15) is 41.6 Å². The number of rotatable bonds is 8. The number of nitrogens with zero attached hydrogens (tertiary/aromatic N) is 1. The first-order valence-corrected chi connectivity index (χ1v) is 9.58. The van der Waals surface area contributed by atoms with Crippen molar-refractivity contribution in [3.8, 4) is 0 Å². The van der Waals surface area contributed by atoms with Gasteiger partial charge in [-0.1, -0.05) is 6.07 Å². The number of carbonyl (C=O) groups excluding carboxylic acids is 2. The quantitative estimate of drug-likeness (QED) is 0.589. The maximum absolute atomic E-state index is 12.2. The van der Waals surface area contributed by atoms with Gasteiger partial charge in [0.1, 0.15) is 0 Å². The van der Waals surface area contributed by atoms with Crippen LogP contribution in [0.4, 0.5) is 10.5 Å². The monoisotopic (exact) mass is 389 g/mol. The molecule has 0 bridgehead atoms. The highest BCUT2D eigenvalue weighted by atomic mass is 16.5. The van der Waals surface area contributed by atoms with Gasteiger partial charge >= 0.3 is 18.0 Å². The zero-order valence-electron chi connectivity index (χ0n) is 16.2. The fourth-order valence-corrected chi connectivity index (χ4v) is 3.53. The summed E-state index contributed by atoms with van der Waals surface area (Å²) in [5, 5.41) is 14.8. The summed E-state index contributed by atoms with van der Waals surface area (Å²) in [5.41, 5.74) is 1.70.